The molecule has 1 fully saturated rings. The molecular formula is C21H23N5O. The monoisotopic (exact) mass is 361 g/mol. The second-order valence-corrected chi connectivity index (χ2v) is 7.34. The lowest BCUT2D eigenvalue weighted by molar-refractivity contribution is 0.0946. The molecule has 1 unspecified atom stereocenters. The standard InChI is InChI=1S/C21H23N5O/c27-21-16-11-18(25-17(16)8-10-23-21)15-5-1-3-13-6-7-19(26-20(13)15)24-14-4-2-9-22-12-14/h1,3,5-7,11,14,22,25H,2,4,8-10,12H2,(H,23,27)(H,24,26). The summed E-state index contributed by atoms with van der Waals surface area (Å²) in [5, 5.41) is 11.0. The first-order valence-electron chi connectivity index (χ1n) is 9.65. The molecule has 6 nitrogen and oxygen atoms in total. The summed E-state index contributed by atoms with van der Waals surface area (Å²) in [4.78, 5) is 20.5. The van der Waals surface area contributed by atoms with E-state index in [9.17, 15) is 4.79 Å². The molecule has 5 rings (SSSR count). The Morgan fingerprint density at radius 2 is 2.07 bits per heavy atom. The number of carbonyl (C=O) groups excluding carboxylic acids is 1. The van der Waals surface area contributed by atoms with Crippen LogP contribution >= 0.6 is 0 Å². The van der Waals surface area contributed by atoms with E-state index in [0.717, 1.165) is 65.2 Å². The van der Waals surface area contributed by atoms with Gasteiger partial charge in [-0.05, 0) is 37.6 Å². The summed E-state index contributed by atoms with van der Waals surface area (Å²) in [6, 6.07) is 12.7. The number of fused-ring (bicyclic) bond motifs is 2. The van der Waals surface area contributed by atoms with Gasteiger partial charge in [-0.15, -0.1) is 0 Å². The van der Waals surface area contributed by atoms with Crippen molar-refractivity contribution in [2.24, 2.45) is 0 Å². The number of aromatic nitrogens is 2. The largest absolute Gasteiger partial charge is 0.366 e. The maximum absolute atomic E-state index is 12.1. The number of benzene rings is 1. The number of hydrogen-bond acceptors (Lipinski definition) is 4. The van der Waals surface area contributed by atoms with Crippen LogP contribution in [0, 0.1) is 0 Å². The van der Waals surface area contributed by atoms with Crippen molar-refractivity contribution < 1.29 is 4.79 Å². The minimum atomic E-state index is -0.000833. The van der Waals surface area contributed by atoms with Crippen LogP contribution in [0.25, 0.3) is 22.2 Å². The molecule has 0 saturated carbocycles. The lowest BCUT2D eigenvalue weighted by Crippen LogP contribution is -2.38. The van der Waals surface area contributed by atoms with Gasteiger partial charge in [0.25, 0.3) is 5.91 Å². The van der Waals surface area contributed by atoms with Gasteiger partial charge in [-0.25, -0.2) is 4.98 Å². The number of H-pyrrole nitrogens is 1. The average molecular weight is 361 g/mol. The van der Waals surface area contributed by atoms with Gasteiger partial charge in [0.15, 0.2) is 0 Å². The van der Waals surface area contributed by atoms with Crippen LogP contribution in [0.5, 0.6) is 0 Å². The summed E-state index contributed by atoms with van der Waals surface area (Å²) >= 11 is 0. The SMILES string of the molecule is O=C1NCCc2[nH]c(-c3cccc4ccc(NC5CCCNC5)nc34)cc21. The highest BCUT2D eigenvalue weighted by Crippen LogP contribution is 2.30. The number of piperidine rings is 1. The Bertz CT molecular complexity index is 1000. The average Bonchev–Trinajstić information content (AvgIpc) is 3.14. The molecule has 0 radical (unpaired) electrons. The minimum absolute atomic E-state index is 0.000833. The second-order valence-electron chi connectivity index (χ2n) is 7.34. The van der Waals surface area contributed by atoms with Crippen LogP contribution in [0.1, 0.15) is 28.9 Å². The third kappa shape index (κ3) is 3.06. The Morgan fingerprint density at radius 1 is 1.11 bits per heavy atom. The maximum atomic E-state index is 12.1. The van der Waals surface area contributed by atoms with Crippen LogP contribution in [-0.4, -0.2) is 41.6 Å². The first kappa shape index (κ1) is 16.3. The molecular weight excluding hydrogens is 338 g/mol. The fourth-order valence-corrected chi connectivity index (χ4v) is 4.07. The van der Waals surface area contributed by atoms with Gasteiger partial charge in [0.2, 0.25) is 0 Å². The summed E-state index contributed by atoms with van der Waals surface area (Å²) in [5.74, 6) is 0.900. The molecule has 3 aromatic rings. The van der Waals surface area contributed by atoms with E-state index in [1.807, 2.05) is 18.2 Å². The van der Waals surface area contributed by atoms with Gasteiger partial charge in [-0.1, -0.05) is 18.2 Å². The van der Waals surface area contributed by atoms with Crippen LogP contribution < -0.4 is 16.0 Å². The number of nitrogens with zero attached hydrogens (tertiary/aromatic N) is 1. The fraction of sp³-hybridized carbons (Fsp3) is 0.333. The second kappa shape index (κ2) is 6.70. The number of para-hydroxylation sites is 1. The van der Waals surface area contributed by atoms with E-state index in [2.05, 4.69) is 39.1 Å². The van der Waals surface area contributed by atoms with E-state index in [0.29, 0.717) is 12.6 Å². The first-order chi connectivity index (χ1) is 13.3. The number of anilines is 1. The Labute approximate surface area is 157 Å². The molecule has 2 aliphatic rings. The smallest absolute Gasteiger partial charge is 0.253 e. The molecule has 0 aliphatic carbocycles. The van der Waals surface area contributed by atoms with Gasteiger partial charge in [0, 0.05) is 47.9 Å². The first-order valence-corrected chi connectivity index (χ1v) is 9.65. The highest BCUT2D eigenvalue weighted by atomic mass is 16.1. The summed E-state index contributed by atoms with van der Waals surface area (Å²) in [5.41, 5.74) is 4.68. The number of nitrogens with one attached hydrogen (secondary N) is 4. The predicted molar refractivity (Wildman–Crippen MR) is 107 cm³/mol. The van der Waals surface area contributed by atoms with Crippen LogP contribution in [0.15, 0.2) is 36.4 Å². The van der Waals surface area contributed by atoms with Gasteiger partial charge in [0.1, 0.15) is 5.82 Å². The summed E-state index contributed by atoms with van der Waals surface area (Å²) in [6.07, 6.45) is 3.18. The number of rotatable bonds is 3. The lowest BCUT2D eigenvalue weighted by atomic mass is 10.1. The molecule has 2 aromatic heterocycles. The summed E-state index contributed by atoms with van der Waals surface area (Å²) in [6.45, 7) is 2.75. The Kier molecular flexibility index (Phi) is 4.05. The molecule has 0 spiro atoms. The van der Waals surface area contributed by atoms with Gasteiger partial charge < -0.3 is 20.9 Å². The zero-order valence-electron chi connectivity index (χ0n) is 15.1. The Hall–Kier alpha value is -2.86. The third-order valence-electron chi connectivity index (χ3n) is 5.46. The quantitative estimate of drug-likeness (QED) is 0.578. The topological polar surface area (TPSA) is 81.8 Å². The molecule has 4 heterocycles. The van der Waals surface area contributed by atoms with Crippen molar-refractivity contribution in [3.05, 3.63) is 47.7 Å². The van der Waals surface area contributed by atoms with Gasteiger partial charge in [-0.2, -0.15) is 0 Å². The van der Waals surface area contributed by atoms with E-state index >= 15 is 0 Å². The maximum Gasteiger partial charge on any atom is 0.253 e. The zero-order chi connectivity index (χ0) is 18.2. The van der Waals surface area contributed by atoms with E-state index in [1.54, 1.807) is 0 Å². The lowest BCUT2D eigenvalue weighted by Gasteiger charge is -2.24. The third-order valence-corrected chi connectivity index (χ3v) is 5.46. The highest BCUT2D eigenvalue weighted by Gasteiger charge is 2.21. The van der Waals surface area contributed by atoms with Crippen LogP contribution in [0.4, 0.5) is 5.82 Å². The van der Waals surface area contributed by atoms with E-state index in [1.165, 1.54) is 6.42 Å². The number of hydrogen-bond donors (Lipinski definition) is 4. The minimum Gasteiger partial charge on any atom is -0.366 e. The van der Waals surface area contributed by atoms with Crippen molar-refractivity contribution in [1.29, 1.82) is 0 Å². The summed E-state index contributed by atoms with van der Waals surface area (Å²) < 4.78 is 0. The van der Waals surface area contributed by atoms with Crippen LogP contribution in [-0.2, 0) is 6.42 Å². The number of aromatic amines is 1. The van der Waals surface area contributed by atoms with Crippen LogP contribution in [0.2, 0.25) is 0 Å². The van der Waals surface area contributed by atoms with Crippen LogP contribution in [0.3, 0.4) is 0 Å². The molecule has 138 valence electrons. The zero-order valence-corrected chi connectivity index (χ0v) is 15.1. The number of carbonyl (C=O) groups is 1. The Morgan fingerprint density at radius 3 is 2.93 bits per heavy atom. The van der Waals surface area contributed by atoms with Gasteiger partial charge in [0.05, 0.1) is 11.1 Å². The van der Waals surface area contributed by atoms with Crippen molar-refractivity contribution >= 4 is 22.6 Å². The predicted octanol–water partition coefficient (Wildman–Crippen LogP) is 2.68. The normalized spacial score (nSPS) is 19.6. The Balaban J connectivity index is 1.54. The van der Waals surface area contributed by atoms with Gasteiger partial charge >= 0.3 is 0 Å². The highest BCUT2D eigenvalue weighted by molar-refractivity contribution is 6.00. The van der Waals surface area contributed by atoms with E-state index in [4.69, 9.17) is 4.98 Å². The molecule has 4 N–H and O–H groups in total. The molecule has 1 saturated heterocycles. The van der Waals surface area contributed by atoms with Crippen molar-refractivity contribution in [2.45, 2.75) is 25.3 Å². The summed E-state index contributed by atoms with van der Waals surface area (Å²) in [7, 11) is 0. The molecule has 27 heavy (non-hydrogen) atoms. The number of pyridine rings is 1. The molecule has 1 aromatic carbocycles. The van der Waals surface area contributed by atoms with E-state index in [-0.39, 0.29) is 5.91 Å². The molecule has 6 heteroatoms. The molecule has 1 atom stereocenters. The van der Waals surface area contributed by atoms with Gasteiger partial charge in [-0.3, -0.25) is 4.79 Å². The fourth-order valence-electron chi connectivity index (χ4n) is 4.07. The van der Waals surface area contributed by atoms with Crippen molar-refractivity contribution in [3.8, 4) is 11.3 Å². The van der Waals surface area contributed by atoms with E-state index < -0.39 is 0 Å². The molecule has 1 amide bonds. The van der Waals surface area contributed by atoms with Crippen molar-refractivity contribution in [3.63, 3.8) is 0 Å². The molecule has 2 aliphatic heterocycles. The van der Waals surface area contributed by atoms with Crippen molar-refractivity contribution in [1.82, 2.24) is 20.6 Å². The number of amides is 1. The van der Waals surface area contributed by atoms with Crippen molar-refractivity contribution in [2.75, 3.05) is 25.0 Å². The molecule has 0 bridgehead atoms.